The van der Waals surface area contributed by atoms with Gasteiger partial charge in [-0.25, -0.2) is 13.2 Å². The van der Waals surface area contributed by atoms with Crippen molar-refractivity contribution in [2.75, 3.05) is 29.3 Å². The lowest BCUT2D eigenvalue weighted by atomic mass is 10.2. The summed E-state index contributed by atoms with van der Waals surface area (Å²) >= 11 is 6.33. The molecule has 0 unspecified atom stereocenters. The third kappa shape index (κ3) is 4.06. The van der Waals surface area contributed by atoms with E-state index in [1.165, 1.54) is 36.4 Å². The largest absolute Gasteiger partial charge is 0.423 e. The van der Waals surface area contributed by atoms with E-state index in [-0.39, 0.29) is 17.3 Å². The molecule has 29 heavy (non-hydrogen) atoms. The average Bonchev–Trinajstić information content (AvgIpc) is 2.67. The second-order valence-corrected chi connectivity index (χ2v) is 8.59. The molecular weight excluding hydrogens is 418 g/mol. The van der Waals surface area contributed by atoms with E-state index >= 15 is 0 Å². The summed E-state index contributed by atoms with van der Waals surface area (Å²) in [6, 6.07) is 11.7. The number of halogens is 1. The van der Waals surface area contributed by atoms with E-state index in [1.54, 1.807) is 12.1 Å². The average molecular weight is 434 g/mol. The van der Waals surface area contributed by atoms with Crippen LogP contribution in [0.2, 0.25) is 5.02 Å². The van der Waals surface area contributed by atoms with E-state index in [0.717, 1.165) is 0 Å². The zero-order valence-electron chi connectivity index (χ0n) is 15.0. The lowest BCUT2D eigenvalue weighted by molar-refractivity contribution is -0.120. The molecule has 2 N–H and O–H groups in total. The van der Waals surface area contributed by atoms with Crippen molar-refractivity contribution in [3.8, 4) is 0 Å². The molecule has 2 heterocycles. The molecule has 10 heteroatoms. The number of sulfonamides is 1. The van der Waals surface area contributed by atoms with E-state index in [1.807, 2.05) is 4.90 Å². The number of benzene rings is 2. The van der Waals surface area contributed by atoms with Crippen LogP contribution in [0.4, 0.5) is 11.4 Å². The number of anilines is 2. The van der Waals surface area contributed by atoms with Gasteiger partial charge in [-0.2, -0.15) is 0 Å². The van der Waals surface area contributed by atoms with Gasteiger partial charge in [0.25, 0.3) is 10.0 Å². The van der Waals surface area contributed by atoms with Gasteiger partial charge in [0.2, 0.25) is 5.91 Å². The van der Waals surface area contributed by atoms with Crippen molar-refractivity contribution in [3.05, 3.63) is 64.0 Å². The second kappa shape index (κ2) is 7.41. The molecule has 1 fully saturated rings. The summed E-state index contributed by atoms with van der Waals surface area (Å²) in [5, 5.41) is 3.56. The highest BCUT2D eigenvalue weighted by Crippen LogP contribution is 2.30. The summed E-state index contributed by atoms with van der Waals surface area (Å²) < 4.78 is 33.0. The number of carbonyl (C=O) groups excluding carboxylic acids is 1. The molecule has 1 aromatic heterocycles. The number of piperazine rings is 1. The Bertz CT molecular complexity index is 1270. The number of hydrogen-bond acceptors (Lipinski definition) is 6. The molecule has 8 nitrogen and oxygen atoms in total. The molecule has 0 aliphatic carbocycles. The Morgan fingerprint density at radius 3 is 2.66 bits per heavy atom. The van der Waals surface area contributed by atoms with Crippen LogP contribution in [0.1, 0.15) is 0 Å². The minimum absolute atomic E-state index is 0.0201. The number of hydrogen-bond donors (Lipinski definition) is 2. The van der Waals surface area contributed by atoms with Gasteiger partial charge >= 0.3 is 5.63 Å². The van der Waals surface area contributed by atoms with Crippen LogP contribution in [0.3, 0.4) is 0 Å². The maximum absolute atomic E-state index is 12.7. The Labute approximate surface area is 171 Å². The van der Waals surface area contributed by atoms with Crippen LogP contribution in [0.5, 0.6) is 0 Å². The molecule has 4 rings (SSSR count). The lowest BCUT2D eigenvalue weighted by Gasteiger charge is -2.29. The standard InChI is InChI=1S/C19H16ClN3O5S/c20-15-10-13(2-4-16(15)23-8-7-21-18(24)11-23)22-29(26,27)14-3-5-17-12(9-14)1-6-19(25)28-17/h1-6,9-10,22H,7-8,11H2,(H,21,24). The Balaban J connectivity index is 1.59. The van der Waals surface area contributed by atoms with E-state index in [4.69, 9.17) is 16.0 Å². The summed E-state index contributed by atoms with van der Waals surface area (Å²) in [6.45, 7) is 1.33. The van der Waals surface area contributed by atoms with Gasteiger partial charge in [-0.05, 0) is 42.5 Å². The van der Waals surface area contributed by atoms with Crippen LogP contribution in [-0.2, 0) is 14.8 Å². The van der Waals surface area contributed by atoms with Crippen molar-refractivity contribution in [2.45, 2.75) is 4.90 Å². The number of nitrogens with zero attached hydrogens (tertiary/aromatic N) is 1. The highest BCUT2D eigenvalue weighted by atomic mass is 35.5. The molecule has 2 aromatic carbocycles. The molecule has 1 saturated heterocycles. The number of rotatable bonds is 4. The predicted molar refractivity (Wildman–Crippen MR) is 110 cm³/mol. The van der Waals surface area contributed by atoms with E-state index in [0.29, 0.717) is 40.5 Å². The van der Waals surface area contributed by atoms with Crippen LogP contribution in [-0.4, -0.2) is 34.0 Å². The Morgan fingerprint density at radius 2 is 1.90 bits per heavy atom. The van der Waals surface area contributed by atoms with Crippen molar-refractivity contribution >= 4 is 49.9 Å². The van der Waals surface area contributed by atoms with Gasteiger partial charge in [0.05, 0.1) is 27.8 Å². The van der Waals surface area contributed by atoms with Crippen LogP contribution < -0.4 is 20.6 Å². The zero-order chi connectivity index (χ0) is 20.6. The first-order chi connectivity index (χ1) is 13.8. The zero-order valence-corrected chi connectivity index (χ0v) is 16.6. The van der Waals surface area contributed by atoms with Gasteiger partial charge in [0.15, 0.2) is 0 Å². The highest BCUT2D eigenvalue weighted by Gasteiger charge is 2.20. The fourth-order valence-corrected chi connectivity index (χ4v) is 4.49. The molecular formula is C19H16ClN3O5S. The summed E-state index contributed by atoms with van der Waals surface area (Å²) in [7, 11) is -3.88. The first kappa shape index (κ1) is 19.3. The fraction of sp³-hybridized carbons (Fsp3) is 0.158. The molecule has 3 aromatic rings. The summed E-state index contributed by atoms with van der Waals surface area (Å²) in [4.78, 5) is 24.7. The number of fused-ring (bicyclic) bond motifs is 1. The molecule has 0 spiro atoms. The quantitative estimate of drug-likeness (QED) is 0.610. The molecule has 0 radical (unpaired) electrons. The SMILES string of the molecule is O=C1CN(c2ccc(NS(=O)(=O)c3ccc4oc(=O)ccc4c3)cc2Cl)CCN1. The van der Waals surface area contributed by atoms with Crippen LogP contribution in [0.15, 0.2) is 62.6 Å². The van der Waals surface area contributed by atoms with Crippen molar-refractivity contribution in [3.63, 3.8) is 0 Å². The maximum atomic E-state index is 12.7. The molecule has 1 aliphatic heterocycles. The summed E-state index contributed by atoms with van der Waals surface area (Å²) in [6.07, 6.45) is 0. The Kier molecular flexibility index (Phi) is 4.93. The number of amides is 1. The Morgan fingerprint density at radius 1 is 1.07 bits per heavy atom. The van der Waals surface area contributed by atoms with Gasteiger partial charge in [0.1, 0.15) is 5.58 Å². The van der Waals surface area contributed by atoms with E-state index < -0.39 is 15.6 Å². The van der Waals surface area contributed by atoms with Gasteiger partial charge in [0, 0.05) is 24.5 Å². The normalized spacial score (nSPS) is 14.7. The van der Waals surface area contributed by atoms with Crippen molar-refractivity contribution in [1.29, 1.82) is 0 Å². The third-order valence-electron chi connectivity index (χ3n) is 4.48. The smallest absolute Gasteiger partial charge is 0.336 e. The van der Waals surface area contributed by atoms with Crippen LogP contribution >= 0.6 is 11.6 Å². The van der Waals surface area contributed by atoms with Gasteiger partial charge in [-0.1, -0.05) is 11.6 Å². The molecule has 0 saturated carbocycles. The summed E-state index contributed by atoms with van der Waals surface area (Å²) in [5.74, 6) is -0.0933. The first-order valence-corrected chi connectivity index (χ1v) is 10.6. The third-order valence-corrected chi connectivity index (χ3v) is 6.16. The molecule has 0 bridgehead atoms. The van der Waals surface area contributed by atoms with Crippen molar-refractivity contribution in [2.24, 2.45) is 0 Å². The van der Waals surface area contributed by atoms with E-state index in [2.05, 4.69) is 10.0 Å². The summed E-state index contributed by atoms with van der Waals surface area (Å²) in [5.41, 5.74) is 0.742. The number of nitrogens with one attached hydrogen (secondary N) is 2. The minimum atomic E-state index is -3.88. The molecule has 150 valence electrons. The topological polar surface area (TPSA) is 109 Å². The maximum Gasteiger partial charge on any atom is 0.336 e. The first-order valence-electron chi connectivity index (χ1n) is 8.70. The van der Waals surface area contributed by atoms with Gasteiger partial charge in [-0.3, -0.25) is 9.52 Å². The van der Waals surface area contributed by atoms with Gasteiger partial charge in [-0.15, -0.1) is 0 Å². The molecule has 1 aliphatic rings. The predicted octanol–water partition coefficient (Wildman–Crippen LogP) is 2.18. The fourth-order valence-electron chi connectivity index (χ4n) is 3.10. The van der Waals surface area contributed by atoms with Crippen molar-refractivity contribution < 1.29 is 17.6 Å². The van der Waals surface area contributed by atoms with Crippen LogP contribution in [0, 0.1) is 0 Å². The highest BCUT2D eigenvalue weighted by molar-refractivity contribution is 7.92. The second-order valence-electron chi connectivity index (χ2n) is 6.50. The van der Waals surface area contributed by atoms with Crippen molar-refractivity contribution in [1.82, 2.24) is 5.32 Å². The molecule has 0 atom stereocenters. The van der Waals surface area contributed by atoms with Crippen LogP contribution in [0.25, 0.3) is 11.0 Å². The minimum Gasteiger partial charge on any atom is -0.423 e. The monoisotopic (exact) mass is 433 g/mol. The van der Waals surface area contributed by atoms with E-state index in [9.17, 15) is 18.0 Å². The Hall–Kier alpha value is -3.04. The number of carbonyl (C=O) groups is 1. The van der Waals surface area contributed by atoms with Gasteiger partial charge < -0.3 is 14.6 Å². The lowest BCUT2D eigenvalue weighted by Crippen LogP contribution is -2.47. The molecule has 1 amide bonds.